The third-order valence-corrected chi connectivity index (χ3v) is 6.11. The topological polar surface area (TPSA) is 108 Å². The van der Waals surface area contributed by atoms with Crippen LogP contribution in [0.15, 0.2) is 30.3 Å². The molecule has 1 N–H and O–H groups in total. The van der Waals surface area contributed by atoms with Gasteiger partial charge in [0.15, 0.2) is 0 Å². The second kappa shape index (κ2) is 10.7. The highest BCUT2D eigenvalue weighted by Crippen LogP contribution is 2.47. The van der Waals surface area contributed by atoms with Gasteiger partial charge >= 0.3 is 11.9 Å². The Balaban J connectivity index is 2.74. The number of amides is 1. The van der Waals surface area contributed by atoms with Crippen molar-refractivity contribution in [2.45, 2.75) is 12.8 Å². The van der Waals surface area contributed by atoms with Crippen LogP contribution in [0.1, 0.15) is 23.2 Å². The SMILES string of the molecule is COC(=O)CCC(CP(=O)(CNC(=O)c1ccccc1)OC)C(=O)OC. The second-order valence-electron chi connectivity index (χ2n) is 5.54. The van der Waals surface area contributed by atoms with E-state index in [2.05, 4.69) is 10.1 Å². The van der Waals surface area contributed by atoms with E-state index in [-0.39, 0.29) is 25.3 Å². The number of carbonyl (C=O) groups excluding carboxylic acids is 3. The molecular formula is C17H24NO7P. The number of rotatable bonds is 10. The number of nitrogens with one attached hydrogen (secondary N) is 1. The molecule has 0 radical (unpaired) electrons. The van der Waals surface area contributed by atoms with E-state index in [4.69, 9.17) is 9.26 Å². The Hall–Kier alpha value is -2.18. The van der Waals surface area contributed by atoms with Crippen molar-refractivity contribution in [2.24, 2.45) is 5.92 Å². The molecule has 0 aliphatic rings. The summed E-state index contributed by atoms with van der Waals surface area (Å²) in [6.07, 6.45) is -0.291. The molecule has 0 aromatic heterocycles. The lowest BCUT2D eigenvalue weighted by Crippen LogP contribution is -2.28. The lowest BCUT2D eigenvalue weighted by Gasteiger charge is -2.21. The highest BCUT2D eigenvalue weighted by atomic mass is 31.2. The average molecular weight is 385 g/mol. The molecule has 8 nitrogen and oxygen atoms in total. The van der Waals surface area contributed by atoms with E-state index in [0.717, 1.165) is 0 Å². The first kappa shape index (κ1) is 21.9. The number of carbonyl (C=O) groups is 3. The minimum Gasteiger partial charge on any atom is -0.469 e. The van der Waals surface area contributed by atoms with Gasteiger partial charge in [0, 0.05) is 25.3 Å². The van der Waals surface area contributed by atoms with Gasteiger partial charge in [-0.1, -0.05) is 18.2 Å². The summed E-state index contributed by atoms with van der Waals surface area (Å²) >= 11 is 0. The number of esters is 2. The Labute approximate surface area is 152 Å². The minimum absolute atomic E-state index is 0.0175. The molecule has 0 saturated heterocycles. The largest absolute Gasteiger partial charge is 0.469 e. The van der Waals surface area contributed by atoms with E-state index >= 15 is 0 Å². The van der Waals surface area contributed by atoms with E-state index in [1.54, 1.807) is 30.3 Å². The molecule has 144 valence electrons. The van der Waals surface area contributed by atoms with Gasteiger partial charge in [-0.3, -0.25) is 18.9 Å². The molecule has 9 heteroatoms. The van der Waals surface area contributed by atoms with Crippen LogP contribution in [0.3, 0.4) is 0 Å². The van der Waals surface area contributed by atoms with Gasteiger partial charge in [0.2, 0.25) is 7.37 Å². The molecule has 0 bridgehead atoms. The van der Waals surface area contributed by atoms with Crippen LogP contribution in [0.4, 0.5) is 0 Å². The number of ether oxygens (including phenoxy) is 2. The van der Waals surface area contributed by atoms with E-state index < -0.39 is 31.1 Å². The standard InChI is InChI=1S/C17H24NO7P/c1-23-15(19)10-9-14(17(21)24-2)11-26(22,25-3)12-18-16(20)13-7-5-4-6-8-13/h4-8,14H,9-12H2,1-3H3,(H,18,20). The van der Waals surface area contributed by atoms with Crippen molar-refractivity contribution < 1.29 is 32.9 Å². The Bertz CT molecular complexity index is 662. The number of benzene rings is 1. The zero-order valence-corrected chi connectivity index (χ0v) is 16.0. The minimum atomic E-state index is -3.35. The first-order chi connectivity index (χ1) is 12.3. The highest BCUT2D eigenvalue weighted by Gasteiger charge is 2.32. The van der Waals surface area contributed by atoms with Crippen LogP contribution in [0.25, 0.3) is 0 Å². The molecule has 0 aliphatic carbocycles. The van der Waals surface area contributed by atoms with Crippen molar-refractivity contribution in [3.63, 3.8) is 0 Å². The molecule has 0 aliphatic heterocycles. The van der Waals surface area contributed by atoms with Crippen LogP contribution in [0.5, 0.6) is 0 Å². The maximum absolute atomic E-state index is 12.9. The Morgan fingerprint density at radius 3 is 2.27 bits per heavy atom. The fourth-order valence-corrected chi connectivity index (χ4v) is 4.06. The monoisotopic (exact) mass is 385 g/mol. The summed E-state index contributed by atoms with van der Waals surface area (Å²) in [5.74, 6) is -2.28. The van der Waals surface area contributed by atoms with Gasteiger partial charge < -0.3 is 19.3 Å². The smallest absolute Gasteiger partial charge is 0.309 e. The Morgan fingerprint density at radius 2 is 1.73 bits per heavy atom. The average Bonchev–Trinajstić information content (AvgIpc) is 2.68. The first-order valence-corrected chi connectivity index (χ1v) is 9.96. The molecule has 2 atom stereocenters. The third-order valence-electron chi connectivity index (χ3n) is 3.81. The van der Waals surface area contributed by atoms with E-state index in [1.807, 2.05) is 0 Å². The fourth-order valence-electron chi connectivity index (χ4n) is 2.27. The second-order valence-corrected chi connectivity index (χ2v) is 8.22. The van der Waals surface area contributed by atoms with Gasteiger partial charge in [-0.25, -0.2) is 0 Å². The fraction of sp³-hybridized carbons (Fsp3) is 0.471. The number of methoxy groups -OCH3 is 2. The molecule has 1 rings (SSSR count). The predicted molar refractivity (Wildman–Crippen MR) is 95.0 cm³/mol. The molecule has 26 heavy (non-hydrogen) atoms. The van der Waals surface area contributed by atoms with Gasteiger partial charge in [0.1, 0.15) is 0 Å². The summed E-state index contributed by atoms with van der Waals surface area (Å²) in [6, 6.07) is 8.45. The molecule has 0 spiro atoms. The summed E-state index contributed by atoms with van der Waals surface area (Å²) in [7, 11) is 0.358. The summed E-state index contributed by atoms with van der Waals surface area (Å²) < 4.78 is 27.3. The van der Waals surface area contributed by atoms with Gasteiger partial charge in [-0.2, -0.15) is 0 Å². The van der Waals surface area contributed by atoms with Crippen molar-refractivity contribution in [3.05, 3.63) is 35.9 Å². The maximum atomic E-state index is 12.9. The Kier molecular flexibility index (Phi) is 9.02. The van der Waals surface area contributed by atoms with Gasteiger partial charge in [0.25, 0.3) is 5.91 Å². The number of hydrogen-bond acceptors (Lipinski definition) is 7. The molecule has 2 unspecified atom stereocenters. The zero-order chi connectivity index (χ0) is 19.6. The summed E-state index contributed by atoms with van der Waals surface area (Å²) in [4.78, 5) is 35.3. The van der Waals surface area contributed by atoms with E-state index in [9.17, 15) is 18.9 Å². The van der Waals surface area contributed by atoms with Crippen LogP contribution in [0.2, 0.25) is 0 Å². The predicted octanol–water partition coefficient (Wildman–Crippen LogP) is 2.04. The zero-order valence-electron chi connectivity index (χ0n) is 15.1. The van der Waals surface area contributed by atoms with Crippen LogP contribution >= 0.6 is 7.37 Å². The molecule has 0 fully saturated rings. The lowest BCUT2D eigenvalue weighted by atomic mass is 10.1. The van der Waals surface area contributed by atoms with Crippen LogP contribution in [-0.2, 0) is 28.2 Å². The van der Waals surface area contributed by atoms with Crippen molar-refractivity contribution >= 4 is 25.2 Å². The van der Waals surface area contributed by atoms with Crippen LogP contribution in [0, 0.1) is 5.92 Å². The van der Waals surface area contributed by atoms with Gasteiger partial charge in [-0.15, -0.1) is 0 Å². The van der Waals surface area contributed by atoms with E-state index in [1.165, 1.54) is 21.3 Å². The van der Waals surface area contributed by atoms with Crippen LogP contribution in [-0.4, -0.2) is 51.6 Å². The normalized spacial score (nSPS) is 14.0. The van der Waals surface area contributed by atoms with E-state index in [0.29, 0.717) is 5.56 Å². The highest BCUT2D eigenvalue weighted by molar-refractivity contribution is 7.59. The van der Waals surface area contributed by atoms with Crippen LogP contribution < -0.4 is 5.32 Å². The molecule has 0 saturated carbocycles. The lowest BCUT2D eigenvalue weighted by molar-refractivity contribution is -0.146. The molecule has 0 heterocycles. The van der Waals surface area contributed by atoms with Gasteiger partial charge in [-0.05, 0) is 18.6 Å². The quantitative estimate of drug-likeness (QED) is 0.485. The molecular weight excluding hydrogens is 361 g/mol. The third kappa shape index (κ3) is 6.98. The van der Waals surface area contributed by atoms with Crippen molar-refractivity contribution in [3.8, 4) is 0 Å². The van der Waals surface area contributed by atoms with Crippen molar-refractivity contribution in [1.82, 2.24) is 5.32 Å². The Morgan fingerprint density at radius 1 is 1.08 bits per heavy atom. The van der Waals surface area contributed by atoms with Crippen molar-refractivity contribution in [2.75, 3.05) is 33.8 Å². The molecule has 1 aromatic rings. The summed E-state index contributed by atoms with van der Waals surface area (Å²) in [5, 5.41) is 2.56. The summed E-state index contributed by atoms with van der Waals surface area (Å²) in [5.41, 5.74) is 0.422. The first-order valence-electron chi connectivity index (χ1n) is 7.97. The number of hydrogen-bond donors (Lipinski definition) is 1. The van der Waals surface area contributed by atoms with Gasteiger partial charge in [0.05, 0.1) is 26.4 Å². The molecule has 1 aromatic carbocycles. The maximum Gasteiger partial charge on any atom is 0.309 e. The van der Waals surface area contributed by atoms with Crippen molar-refractivity contribution in [1.29, 1.82) is 0 Å². The molecule has 1 amide bonds. The summed E-state index contributed by atoms with van der Waals surface area (Å²) in [6.45, 7) is 0.